The Morgan fingerprint density at radius 1 is 1.43 bits per heavy atom. The molecule has 4 heteroatoms. The van der Waals surface area contributed by atoms with E-state index in [2.05, 4.69) is 9.88 Å². The van der Waals surface area contributed by atoms with Crippen molar-refractivity contribution < 1.29 is 9.47 Å². The molecule has 1 aromatic heterocycles. The standard InChI is InChI=1S/C17H24N2O2/c1-3-14(4-1)11-19-8-6-17(13-19)9-16(12-20-17)21-15-5-2-7-18-10-15/h2,5,7,10,14,16H,1,3-4,6,8-9,11-13H2/t16-,17-/m1/s1. The largest absolute Gasteiger partial charge is 0.486 e. The van der Waals surface area contributed by atoms with Gasteiger partial charge in [0.25, 0.3) is 0 Å². The zero-order valence-corrected chi connectivity index (χ0v) is 12.5. The molecule has 4 nitrogen and oxygen atoms in total. The topological polar surface area (TPSA) is 34.6 Å². The summed E-state index contributed by atoms with van der Waals surface area (Å²) < 4.78 is 12.2. The average molecular weight is 288 g/mol. The van der Waals surface area contributed by atoms with Gasteiger partial charge in [-0.25, -0.2) is 0 Å². The molecule has 2 aliphatic heterocycles. The third kappa shape index (κ3) is 2.92. The monoisotopic (exact) mass is 288 g/mol. The Morgan fingerprint density at radius 3 is 3.14 bits per heavy atom. The van der Waals surface area contributed by atoms with E-state index < -0.39 is 0 Å². The van der Waals surface area contributed by atoms with Crippen molar-refractivity contribution in [3.05, 3.63) is 24.5 Å². The SMILES string of the molecule is c1cncc(O[C@H]2CO[C@]3(CCN(CC4CCC4)C3)C2)c1. The van der Waals surface area contributed by atoms with Crippen LogP contribution in [0.15, 0.2) is 24.5 Å². The van der Waals surface area contributed by atoms with E-state index in [0.29, 0.717) is 6.61 Å². The third-order valence-electron chi connectivity index (χ3n) is 5.25. The Kier molecular flexibility index (Phi) is 3.59. The van der Waals surface area contributed by atoms with Gasteiger partial charge in [-0.1, -0.05) is 6.42 Å². The highest BCUT2D eigenvalue weighted by Gasteiger charge is 2.46. The van der Waals surface area contributed by atoms with E-state index in [-0.39, 0.29) is 11.7 Å². The van der Waals surface area contributed by atoms with Crippen molar-refractivity contribution in [1.82, 2.24) is 9.88 Å². The van der Waals surface area contributed by atoms with Gasteiger partial charge in [-0.3, -0.25) is 4.98 Å². The normalized spacial score (nSPS) is 33.4. The molecule has 21 heavy (non-hydrogen) atoms. The lowest BCUT2D eigenvalue weighted by Crippen LogP contribution is -2.36. The zero-order valence-electron chi connectivity index (χ0n) is 12.5. The van der Waals surface area contributed by atoms with Crippen molar-refractivity contribution in [3.8, 4) is 5.75 Å². The fourth-order valence-electron chi connectivity index (χ4n) is 3.90. The van der Waals surface area contributed by atoms with E-state index in [0.717, 1.165) is 31.1 Å². The van der Waals surface area contributed by atoms with Crippen molar-refractivity contribution in [2.75, 3.05) is 26.2 Å². The minimum atomic E-state index is 0.0522. The van der Waals surface area contributed by atoms with Gasteiger partial charge in [0.05, 0.1) is 18.4 Å². The average Bonchev–Trinajstić information content (AvgIpc) is 3.03. The van der Waals surface area contributed by atoms with E-state index in [4.69, 9.17) is 9.47 Å². The predicted molar refractivity (Wildman–Crippen MR) is 80.4 cm³/mol. The van der Waals surface area contributed by atoms with E-state index in [1.54, 1.807) is 12.4 Å². The van der Waals surface area contributed by atoms with E-state index >= 15 is 0 Å². The molecular weight excluding hydrogens is 264 g/mol. The third-order valence-corrected chi connectivity index (χ3v) is 5.25. The van der Waals surface area contributed by atoms with Crippen LogP contribution in [0.4, 0.5) is 0 Å². The van der Waals surface area contributed by atoms with Gasteiger partial charge in [0.2, 0.25) is 0 Å². The first-order chi connectivity index (χ1) is 10.3. The summed E-state index contributed by atoms with van der Waals surface area (Å²) in [6.07, 6.45) is 10.2. The summed E-state index contributed by atoms with van der Waals surface area (Å²) in [7, 11) is 0. The smallest absolute Gasteiger partial charge is 0.138 e. The number of aromatic nitrogens is 1. The first kappa shape index (κ1) is 13.5. The lowest BCUT2D eigenvalue weighted by atomic mass is 9.85. The summed E-state index contributed by atoms with van der Waals surface area (Å²) in [5, 5.41) is 0. The second kappa shape index (κ2) is 5.58. The summed E-state index contributed by atoms with van der Waals surface area (Å²) in [5.74, 6) is 1.80. The minimum Gasteiger partial charge on any atom is -0.486 e. The van der Waals surface area contributed by atoms with E-state index in [1.807, 2.05) is 12.1 Å². The number of ether oxygens (including phenoxy) is 2. The maximum atomic E-state index is 6.16. The number of pyridine rings is 1. The molecule has 1 saturated carbocycles. The van der Waals surface area contributed by atoms with Gasteiger partial charge in [0, 0.05) is 32.3 Å². The molecule has 3 aliphatic rings. The summed E-state index contributed by atoms with van der Waals surface area (Å²) in [4.78, 5) is 6.71. The lowest BCUT2D eigenvalue weighted by Gasteiger charge is -2.31. The molecule has 0 N–H and O–H groups in total. The Bertz CT molecular complexity index is 477. The molecule has 2 atom stereocenters. The predicted octanol–water partition coefficient (Wildman–Crippen LogP) is 2.49. The highest BCUT2D eigenvalue weighted by molar-refractivity contribution is 5.16. The van der Waals surface area contributed by atoms with Crippen LogP contribution in [0.5, 0.6) is 5.75 Å². The molecule has 114 valence electrons. The number of likely N-dealkylation sites (tertiary alicyclic amines) is 1. The minimum absolute atomic E-state index is 0.0522. The van der Waals surface area contributed by atoms with Crippen LogP contribution in [-0.2, 0) is 4.74 Å². The maximum Gasteiger partial charge on any atom is 0.138 e. The maximum absolute atomic E-state index is 6.16. The van der Waals surface area contributed by atoms with Crippen molar-refractivity contribution in [1.29, 1.82) is 0 Å². The highest BCUT2D eigenvalue weighted by atomic mass is 16.6. The molecule has 0 radical (unpaired) electrons. The van der Waals surface area contributed by atoms with Crippen molar-refractivity contribution in [2.45, 2.75) is 43.8 Å². The van der Waals surface area contributed by atoms with Crippen LogP contribution in [0, 0.1) is 5.92 Å². The number of nitrogens with zero attached hydrogens (tertiary/aromatic N) is 2. The Hall–Kier alpha value is -1.13. The molecule has 1 aliphatic carbocycles. The Morgan fingerprint density at radius 2 is 2.38 bits per heavy atom. The second-order valence-corrected chi connectivity index (χ2v) is 6.91. The number of hydrogen-bond donors (Lipinski definition) is 0. The Balaban J connectivity index is 1.31. The molecule has 4 rings (SSSR count). The van der Waals surface area contributed by atoms with E-state index in [1.165, 1.54) is 32.4 Å². The van der Waals surface area contributed by atoms with E-state index in [9.17, 15) is 0 Å². The summed E-state index contributed by atoms with van der Waals surface area (Å²) in [6, 6.07) is 3.88. The van der Waals surface area contributed by atoms with Crippen LogP contribution < -0.4 is 4.74 Å². The molecule has 0 unspecified atom stereocenters. The summed E-state index contributed by atoms with van der Waals surface area (Å²) in [5.41, 5.74) is 0.0522. The molecule has 0 bridgehead atoms. The second-order valence-electron chi connectivity index (χ2n) is 6.91. The first-order valence-electron chi connectivity index (χ1n) is 8.24. The molecule has 3 heterocycles. The van der Waals surface area contributed by atoms with Crippen molar-refractivity contribution >= 4 is 0 Å². The molecule has 0 aromatic carbocycles. The quantitative estimate of drug-likeness (QED) is 0.852. The van der Waals surface area contributed by atoms with Crippen LogP contribution >= 0.6 is 0 Å². The van der Waals surface area contributed by atoms with Crippen LogP contribution in [0.1, 0.15) is 32.1 Å². The molecular formula is C17H24N2O2. The van der Waals surface area contributed by atoms with Crippen molar-refractivity contribution in [3.63, 3.8) is 0 Å². The van der Waals surface area contributed by atoms with Gasteiger partial charge in [0.15, 0.2) is 0 Å². The molecule has 0 amide bonds. The fourth-order valence-corrected chi connectivity index (χ4v) is 3.90. The van der Waals surface area contributed by atoms with Crippen LogP contribution in [0.25, 0.3) is 0 Å². The fraction of sp³-hybridized carbons (Fsp3) is 0.706. The number of hydrogen-bond acceptors (Lipinski definition) is 4. The van der Waals surface area contributed by atoms with Crippen LogP contribution in [-0.4, -0.2) is 47.8 Å². The highest BCUT2D eigenvalue weighted by Crippen LogP contribution is 2.38. The van der Waals surface area contributed by atoms with Gasteiger partial charge >= 0.3 is 0 Å². The van der Waals surface area contributed by atoms with Gasteiger partial charge in [-0.2, -0.15) is 0 Å². The van der Waals surface area contributed by atoms with Gasteiger partial charge < -0.3 is 14.4 Å². The summed E-state index contributed by atoms with van der Waals surface area (Å²) in [6.45, 7) is 4.28. The molecule has 2 saturated heterocycles. The van der Waals surface area contributed by atoms with Crippen molar-refractivity contribution in [2.24, 2.45) is 5.92 Å². The van der Waals surface area contributed by atoms with Crippen LogP contribution in [0.2, 0.25) is 0 Å². The summed E-state index contributed by atoms with van der Waals surface area (Å²) >= 11 is 0. The lowest BCUT2D eigenvalue weighted by molar-refractivity contribution is 0.00791. The number of rotatable bonds is 4. The van der Waals surface area contributed by atoms with Gasteiger partial charge in [0.1, 0.15) is 11.9 Å². The van der Waals surface area contributed by atoms with Crippen LogP contribution in [0.3, 0.4) is 0 Å². The van der Waals surface area contributed by atoms with Gasteiger partial charge in [-0.15, -0.1) is 0 Å². The zero-order chi connectivity index (χ0) is 14.1. The molecule has 1 spiro atoms. The molecule has 3 fully saturated rings. The Labute approximate surface area is 126 Å². The van der Waals surface area contributed by atoms with Gasteiger partial charge in [-0.05, 0) is 37.3 Å². The first-order valence-corrected chi connectivity index (χ1v) is 8.24. The molecule has 1 aromatic rings.